The van der Waals surface area contributed by atoms with Crippen LogP contribution in [0.2, 0.25) is 0 Å². The van der Waals surface area contributed by atoms with Crippen LogP contribution in [0.4, 0.5) is 0 Å². The minimum absolute atomic E-state index is 0.153. The smallest absolute Gasteiger partial charge is 0.226 e. The molecule has 2 aliphatic rings. The molecule has 3 heterocycles. The monoisotopic (exact) mass is 323 g/mol. The van der Waals surface area contributed by atoms with Crippen LogP contribution >= 0.6 is 0 Å². The Balaban J connectivity index is 1.30. The highest BCUT2D eigenvalue weighted by Gasteiger charge is 2.30. The Morgan fingerprint density at radius 2 is 1.88 bits per heavy atom. The van der Waals surface area contributed by atoms with Crippen molar-refractivity contribution >= 4 is 5.91 Å². The van der Waals surface area contributed by atoms with Gasteiger partial charge in [-0.3, -0.25) is 4.79 Å². The van der Waals surface area contributed by atoms with Gasteiger partial charge in [-0.25, -0.2) is 4.98 Å². The van der Waals surface area contributed by atoms with Crippen LogP contribution < -0.4 is 0 Å². The summed E-state index contributed by atoms with van der Waals surface area (Å²) in [5.74, 6) is 1.23. The second kappa shape index (κ2) is 6.80. The number of aromatic nitrogens is 2. The molecule has 1 fully saturated rings. The Hall–Kier alpha value is -2.10. The highest BCUT2D eigenvalue weighted by molar-refractivity contribution is 5.79. The van der Waals surface area contributed by atoms with E-state index in [1.807, 2.05) is 12.5 Å². The zero-order chi connectivity index (χ0) is 16.4. The summed E-state index contributed by atoms with van der Waals surface area (Å²) in [5.41, 5.74) is 2.63. The third-order valence-electron chi connectivity index (χ3n) is 5.62. The summed E-state index contributed by atoms with van der Waals surface area (Å²) >= 11 is 0. The summed E-state index contributed by atoms with van der Waals surface area (Å²) in [6.07, 6.45) is 8.99. The van der Waals surface area contributed by atoms with E-state index in [0.29, 0.717) is 11.8 Å². The Bertz CT molecular complexity index is 686. The molecule has 1 amide bonds. The van der Waals surface area contributed by atoms with Gasteiger partial charge in [0.05, 0.1) is 6.33 Å². The number of amides is 1. The van der Waals surface area contributed by atoms with Crippen molar-refractivity contribution in [1.82, 2.24) is 14.5 Å². The molecular formula is C20H25N3O. The topological polar surface area (TPSA) is 38.1 Å². The van der Waals surface area contributed by atoms with Gasteiger partial charge in [0.15, 0.2) is 0 Å². The third-order valence-corrected chi connectivity index (χ3v) is 5.62. The minimum atomic E-state index is 0.153. The molecule has 4 rings (SSSR count). The van der Waals surface area contributed by atoms with Crippen molar-refractivity contribution < 1.29 is 4.79 Å². The summed E-state index contributed by atoms with van der Waals surface area (Å²) in [6.45, 7) is 2.77. The molecular weight excluding hydrogens is 298 g/mol. The normalized spacial score (nSPS) is 21.5. The van der Waals surface area contributed by atoms with Gasteiger partial charge < -0.3 is 9.47 Å². The van der Waals surface area contributed by atoms with Crippen molar-refractivity contribution in [1.29, 1.82) is 0 Å². The summed E-state index contributed by atoms with van der Waals surface area (Å²) < 4.78 is 2.18. The van der Waals surface area contributed by atoms with Crippen molar-refractivity contribution in [2.75, 3.05) is 13.1 Å². The van der Waals surface area contributed by atoms with Crippen LogP contribution in [0, 0.1) is 11.8 Å². The molecule has 126 valence electrons. The van der Waals surface area contributed by atoms with Gasteiger partial charge in [0.2, 0.25) is 5.91 Å². The van der Waals surface area contributed by atoms with Gasteiger partial charge in [-0.2, -0.15) is 0 Å². The zero-order valence-electron chi connectivity index (χ0n) is 14.1. The number of rotatable bonds is 3. The second-order valence-corrected chi connectivity index (χ2v) is 7.23. The molecule has 4 nitrogen and oxygen atoms in total. The molecule has 4 heteroatoms. The molecule has 0 spiro atoms. The first-order valence-corrected chi connectivity index (χ1v) is 9.11. The van der Waals surface area contributed by atoms with Crippen molar-refractivity contribution in [3.63, 3.8) is 0 Å². The van der Waals surface area contributed by atoms with E-state index >= 15 is 0 Å². The predicted octanol–water partition coefficient (Wildman–Crippen LogP) is 2.93. The highest BCUT2D eigenvalue weighted by Crippen LogP contribution is 2.26. The number of aryl methyl sites for hydroxylation is 1. The molecule has 1 unspecified atom stereocenters. The SMILES string of the molecule is O=C(C1CCn2cncc2C1)N1CCC(Cc2ccccc2)CC1. The number of likely N-dealkylation sites (tertiary alicyclic amines) is 1. The zero-order valence-corrected chi connectivity index (χ0v) is 14.1. The molecule has 1 atom stereocenters. The summed E-state index contributed by atoms with van der Waals surface area (Å²) in [4.78, 5) is 19.2. The molecule has 2 aliphatic heterocycles. The number of imidazole rings is 1. The standard InChI is InChI=1S/C20H25N3O/c24-20(18-8-11-23-15-21-14-19(23)13-18)22-9-6-17(7-10-22)12-16-4-2-1-3-5-16/h1-5,14-15,17-18H,6-13H2. The quantitative estimate of drug-likeness (QED) is 0.871. The number of carbonyl (C=O) groups excluding carboxylic acids is 1. The van der Waals surface area contributed by atoms with E-state index in [1.54, 1.807) is 0 Å². The summed E-state index contributed by atoms with van der Waals surface area (Å²) in [6, 6.07) is 10.7. The minimum Gasteiger partial charge on any atom is -0.342 e. The van der Waals surface area contributed by atoms with Crippen LogP contribution in [-0.4, -0.2) is 33.4 Å². The van der Waals surface area contributed by atoms with Crippen molar-refractivity contribution in [3.05, 3.63) is 54.1 Å². The molecule has 1 saturated heterocycles. The van der Waals surface area contributed by atoms with Gasteiger partial charge >= 0.3 is 0 Å². The van der Waals surface area contributed by atoms with Crippen LogP contribution in [-0.2, 0) is 24.2 Å². The lowest BCUT2D eigenvalue weighted by atomic mass is 9.88. The van der Waals surface area contributed by atoms with Crippen LogP contribution in [0.5, 0.6) is 0 Å². The van der Waals surface area contributed by atoms with Gasteiger partial charge in [0, 0.05) is 43.9 Å². The molecule has 0 bridgehead atoms. The van der Waals surface area contributed by atoms with Gasteiger partial charge in [-0.1, -0.05) is 30.3 Å². The maximum atomic E-state index is 12.8. The number of piperidine rings is 1. The van der Waals surface area contributed by atoms with Crippen molar-refractivity contribution in [2.24, 2.45) is 11.8 Å². The molecule has 2 aromatic rings. The van der Waals surface area contributed by atoms with Crippen LogP contribution in [0.15, 0.2) is 42.9 Å². The molecule has 0 saturated carbocycles. The number of nitrogens with zero attached hydrogens (tertiary/aromatic N) is 3. The molecule has 1 aromatic heterocycles. The molecule has 0 N–H and O–H groups in total. The first-order chi connectivity index (χ1) is 11.8. The predicted molar refractivity (Wildman–Crippen MR) is 93.5 cm³/mol. The van der Waals surface area contributed by atoms with E-state index < -0.39 is 0 Å². The Kier molecular flexibility index (Phi) is 4.37. The van der Waals surface area contributed by atoms with Gasteiger partial charge in [-0.05, 0) is 37.2 Å². The van der Waals surface area contributed by atoms with Gasteiger partial charge in [-0.15, -0.1) is 0 Å². The van der Waals surface area contributed by atoms with E-state index in [2.05, 4.69) is 44.8 Å². The fourth-order valence-corrected chi connectivity index (χ4v) is 4.14. The van der Waals surface area contributed by atoms with Crippen LogP contribution in [0.1, 0.15) is 30.5 Å². The number of fused-ring (bicyclic) bond motifs is 1. The molecule has 0 radical (unpaired) electrons. The lowest BCUT2D eigenvalue weighted by Crippen LogP contribution is -2.43. The van der Waals surface area contributed by atoms with Crippen molar-refractivity contribution in [2.45, 2.75) is 38.6 Å². The number of hydrogen-bond donors (Lipinski definition) is 0. The van der Waals surface area contributed by atoms with E-state index in [4.69, 9.17) is 0 Å². The van der Waals surface area contributed by atoms with Crippen LogP contribution in [0.25, 0.3) is 0 Å². The fourth-order valence-electron chi connectivity index (χ4n) is 4.14. The summed E-state index contributed by atoms with van der Waals surface area (Å²) in [5, 5.41) is 0. The lowest BCUT2D eigenvalue weighted by molar-refractivity contribution is -0.137. The highest BCUT2D eigenvalue weighted by atomic mass is 16.2. The molecule has 24 heavy (non-hydrogen) atoms. The van der Waals surface area contributed by atoms with E-state index in [-0.39, 0.29) is 5.92 Å². The van der Waals surface area contributed by atoms with Gasteiger partial charge in [0.25, 0.3) is 0 Å². The van der Waals surface area contributed by atoms with Gasteiger partial charge in [0.1, 0.15) is 0 Å². The maximum Gasteiger partial charge on any atom is 0.226 e. The van der Waals surface area contributed by atoms with E-state index in [1.165, 1.54) is 11.3 Å². The van der Waals surface area contributed by atoms with Crippen molar-refractivity contribution in [3.8, 4) is 0 Å². The number of benzene rings is 1. The average molecular weight is 323 g/mol. The average Bonchev–Trinajstić information content (AvgIpc) is 3.10. The third kappa shape index (κ3) is 3.23. The Labute approximate surface area is 143 Å². The first-order valence-electron chi connectivity index (χ1n) is 9.11. The number of hydrogen-bond acceptors (Lipinski definition) is 2. The largest absolute Gasteiger partial charge is 0.342 e. The molecule has 0 aliphatic carbocycles. The maximum absolute atomic E-state index is 12.8. The fraction of sp³-hybridized carbons (Fsp3) is 0.500. The molecule has 1 aromatic carbocycles. The number of carbonyl (C=O) groups is 1. The summed E-state index contributed by atoms with van der Waals surface area (Å²) in [7, 11) is 0. The second-order valence-electron chi connectivity index (χ2n) is 7.23. The van der Waals surface area contributed by atoms with E-state index in [0.717, 1.165) is 51.7 Å². The first kappa shape index (κ1) is 15.4. The Morgan fingerprint density at radius 3 is 2.67 bits per heavy atom. The lowest BCUT2D eigenvalue weighted by Gasteiger charge is -2.35. The Morgan fingerprint density at radius 1 is 1.08 bits per heavy atom. The van der Waals surface area contributed by atoms with E-state index in [9.17, 15) is 4.79 Å². The van der Waals surface area contributed by atoms with Crippen LogP contribution in [0.3, 0.4) is 0 Å².